The Kier molecular flexibility index (Phi) is 4.85. The second-order valence-corrected chi connectivity index (χ2v) is 6.66. The van der Waals surface area contributed by atoms with Crippen molar-refractivity contribution in [2.75, 3.05) is 12.4 Å². The SMILES string of the molecule is OCCn1cc(CNC2CCSc3ccc(Cl)cc32)cn1. The van der Waals surface area contributed by atoms with Crippen LogP contribution in [-0.2, 0) is 13.1 Å². The number of nitrogens with zero attached hydrogens (tertiary/aromatic N) is 2. The van der Waals surface area contributed by atoms with Gasteiger partial charge in [-0.1, -0.05) is 11.6 Å². The lowest BCUT2D eigenvalue weighted by atomic mass is 10.0. The number of aliphatic hydroxyl groups excluding tert-OH is 1. The van der Waals surface area contributed by atoms with Gasteiger partial charge in [0.1, 0.15) is 0 Å². The van der Waals surface area contributed by atoms with Gasteiger partial charge in [-0.25, -0.2) is 0 Å². The number of aromatic nitrogens is 2. The average Bonchev–Trinajstić information content (AvgIpc) is 2.93. The first-order valence-electron chi connectivity index (χ1n) is 7.04. The summed E-state index contributed by atoms with van der Waals surface area (Å²) in [7, 11) is 0. The van der Waals surface area contributed by atoms with Crippen LogP contribution in [0.1, 0.15) is 23.6 Å². The van der Waals surface area contributed by atoms with Crippen molar-refractivity contribution in [1.82, 2.24) is 15.1 Å². The van der Waals surface area contributed by atoms with Crippen molar-refractivity contribution in [3.63, 3.8) is 0 Å². The van der Waals surface area contributed by atoms with Gasteiger partial charge in [-0.15, -0.1) is 11.8 Å². The Morgan fingerprint density at radius 2 is 2.38 bits per heavy atom. The maximum absolute atomic E-state index is 8.91. The summed E-state index contributed by atoms with van der Waals surface area (Å²) in [6.45, 7) is 1.42. The molecule has 1 aliphatic rings. The largest absolute Gasteiger partial charge is 0.394 e. The molecule has 0 bridgehead atoms. The van der Waals surface area contributed by atoms with Crippen molar-refractivity contribution in [3.8, 4) is 0 Å². The fraction of sp³-hybridized carbons (Fsp3) is 0.400. The number of aliphatic hydroxyl groups is 1. The molecular formula is C15H18ClN3OS. The van der Waals surface area contributed by atoms with Gasteiger partial charge in [0.25, 0.3) is 0 Å². The molecule has 1 aromatic carbocycles. The highest BCUT2D eigenvalue weighted by Crippen LogP contribution is 2.37. The maximum atomic E-state index is 8.91. The zero-order valence-corrected chi connectivity index (χ0v) is 13.2. The van der Waals surface area contributed by atoms with Gasteiger partial charge in [0.05, 0.1) is 19.3 Å². The van der Waals surface area contributed by atoms with Crippen molar-refractivity contribution in [2.24, 2.45) is 0 Å². The molecule has 112 valence electrons. The Labute approximate surface area is 133 Å². The van der Waals surface area contributed by atoms with E-state index in [4.69, 9.17) is 16.7 Å². The molecule has 0 saturated carbocycles. The normalized spacial score (nSPS) is 17.7. The smallest absolute Gasteiger partial charge is 0.0640 e. The lowest BCUT2D eigenvalue weighted by Gasteiger charge is -2.26. The van der Waals surface area contributed by atoms with Crippen LogP contribution >= 0.6 is 23.4 Å². The molecule has 1 aromatic heterocycles. The molecule has 2 N–H and O–H groups in total. The van der Waals surface area contributed by atoms with E-state index >= 15 is 0 Å². The quantitative estimate of drug-likeness (QED) is 0.888. The Morgan fingerprint density at radius 3 is 3.24 bits per heavy atom. The number of halogens is 1. The topological polar surface area (TPSA) is 50.1 Å². The minimum absolute atomic E-state index is 0.111. The first-order chi connectivity index (χ1) is 10.3. The molecule has 6 heteroatoms. The molecule has 0 fully saturated rings. The van der Waals surface area contributed by atoms with Crippen LogP contribution in [-0.4, -0.2) is 27.2 Å². The Morgan fingerprint density at radius 1 is 1.48 bits per heavy atom. The summed E-state index contributed by atoms with van der Waals surface area (Å²) in [6.07, 6.45) is 4.92. The summed E-state index contributed by atoms with van der Waals surface area (Å²) in [5.74, 6) is 1.12. The van der Waals surface area contributed by atoms with Crippen LogP contribution in [0.25, 0.3) is 0 Å². The summed E-state index contributed by atoms with van der Waals surface area (Å²) in [5, 5.41) is 17.5. The fourth-order valence-corrected chi connectivity index (χ4v) is 3.83. The molecule has 0 aliphatic carbocycles. The van der Waals surface area contributed by atoms with Gasteiger partial charge in [0, 0.05) is 34.3 Å². The zero-order valence-electron chi connectivity index (χ0n) is 11.6. The maximum Gasteiger partial charge on any atom is 0.0640 e. The van der Waals surface area contributed by atoms with Gasteiger partial charge in [-0.3, -0.25) is 4.68 Å². The summed E-state index contributed by atoms with van der Waals surface area (Å²) in [6, 6.07) is 6.46. The molecule has 0 radical (unpaired) electrons. The van der Waals surface area contributed by atoms with Gasteiger partial charge in [-0.05, 0) is 35.9 Å². The van der Waals surface area contributed by atoms with Gasteiger partial charge in [-0.2, -0.15) is 5.10 Å². The van der Waals surface area contributed by atoms with E-state index in [1.54, 1.807) is 4.68 Å². The van der Waals surface area contributed by atoms with Crippen LogP contribution in [0.3, 0.4) is 0 Å². The van der Waals surface area contributed by atoms with Crippen LogP contribution < -0.4 is 5.32 Å². The highest BCUT2D eigenvalue weighted by Gasteiger charge is 2.20. The highest BCUT2D eigenvalue weighted by atomic mass is 35.5. The van der Waals surface area contributed by atoms with Crippen LogP contribution in [0.15, 0.2) is 35.5 Å². The highest BCUT2D eigenvalue weighted by molar-refractivity contribution is 7.99. The molecule has 0 spiro atoms. The van der Waals surface area contributed by atoms with Crippen molar-refractivity contribution in [2.45, 2.75) is 30.4 Å². The summed E-state index contributed by atoms with van der Waals surface area (Å²) < 4.78 is 1.76. The fourth-order valence-electron chi connectivity index (χ4n) is 2.54. The van der Waals surface area contributed by atoms with Gasteiger partial charge in [0.15, 0.2) is 0 Å². The lowest BCUT2D eigenvalue weighted by Crippen LogP contribution is -2.24. The number of fused-ring (bicyclic) bond motifs is 1. The second kappa shape index (κ2) is 6.83. The Bertz CT molecular complexity index is 617. The minimum atomic E-state index is 0.111. The first-order valence-corrected chi connectivity index (χ1v) is 8.40. The molecular weight excluding hydrogens is 306 g/mol. The van der Waals surface area contributed by atoms with E-state index in [9.17, 15) is 0 Å². The van der Waals surface area contributed by atoms with Crippen molar-refractivity contribution in [1.29, 1.82) is 0 Å². The van der Waals surface area contributed by atoms with Gasteiger partial charge < -0.3 is 10.4 Å². The zero-order chi connectivity index (χ0) is 14.7. The van der Waals surface area contributed by atoms with E-state index in [-0.39, 0.29) is 6.61 Å². The van der Waals surface area contributed by atoms with Crippen LogP contribution in [0.2, 0.25) is 5.02 Å². The van der Waals surface area contributed by atoms with Crippen molar-refractivity contribution in [3.05, 3.63) is 46.7 Å². The molecule has 1 atom stereocenters. The van der Waals surface area contributed by atoms with Crippen molar-refractivity contribution < 1.29 is 5.11 Å². The molecule has 1 unspecified atom stereocenters. The third-order valence-electron chi connectivity index (χ3n) is 3.58. The lowest BCUT2D eigenvalue weighted by molar-refractivity contribution is 0.269. The van der Waals surface area contributed by atoms with Gasteiger partial charge >= 0.3 is 0 Å². The molecule has 2 heterocycles. The third-order valence-corrected chi connectivity index (χ3v) is 4.94. The second-order valence-electron chi connectivity index (χ2n) is 5.09. The molecule has 4 nitrogen and oxygen atoms in total. The average molecular weight is 324 g/mol. The van der Waals surface area contributed by atoms with E-state index in [1.165, 1.54) is 10.5 Å². The summed E-state index contributed by atoms with van der Waals surface area (Å²) >= 11 is 8.01. The number of rotatable bonds is 5. The number of hydrogen-bond acceptors (Lipinski definition) is 4. The van der Waals surface area contributed by atoms with E-state index in [1.807, 2.05) is 30.2 Å². The molecule has 3 rings (SSSR count). The number of nitrogens with one attached hydrogen (secondary N) is 1. The third kappa shape index (κ3) is 3.61. The predicted octanol–water partition coefficient (Wildman–Crippen LogP) is 2.86. The van der Waals surface area contributed by atoms with Crippen LogP contribution in [0, 0.1) is 0 Å². The minimum Gasteiger partial charge on any atom is -0.394 e. The summed E-state index contributed by atoms with van der Waals surface area (Å²) in [4.78, 5) is 1.32. The molecule has 1 aliphatic heterocycles. The number of hydrogen-bond donors (Lipinski definition) is 2. The van der Waals surface area contributed by atoms with E-state index < -0.39 is 0 Å². The monoisotopic (exact) mass is 323 g/mol. The van der Waals surface area contributed by atoms with E-state index in [0.29, 0.717) is 12.6 Å². The first kappa shape index (κ1) is 14.9. The van der Waals surface area contributed by atoms with Crippen molar-refractivity contribution >= 4 is 23.4 Å². The Hall–Kier alpha value is -1.01. The number of thioether (sulfide) groups is 1. The molecule has 2 aromatic rings. The molecule has 21 heavy (non-hydrogen) atoms. The Balaban J connectivity index is 1.67. The molecule has 0 amide bonds. The van der Waals surface area contributed by atoms with E-state index in [2.05, 4.69) is 22.5 Å². The van der Waals surface area contributed by atoms with Crippen LogP contribution in [0.4, 0.5) is 0 Å². The van der Waals surface area contributed by atoms with Crippen LogP contribution in [0.5, 0.6) is 0 Å². The molecule has 0 saturated heterocycles. The van der Waals surface area contributed by atoms with E-state index in [0.717, 1.165) is 29.3 Å². The number of benzene rings is 1. The summed E-state index contributed by atoms with van der Waals surface area (Å²) in [5.41, 5.74) is 2.42. The predicted molar refractivity (Wildman–Crippen MR) is 85.7 cm³/mol. The van der Waals surface area contributed by atoms with Gasteiger partial charge in [0.2, 0.25) is 0 Å². The standard InChI is InChI=1S/C15H18ClN3OS/c16-12-1-2-15-13(7-12)14(3-6-21-15)17-8-11-9-18-19(10-11)4-5-20/h1-2,7,9-10,14,17,20H,3-6,8H2.